The van der Waals surface area contributed by atoms with Crippen molar-refractivity contribution in [2.75, 3.05) is 0 Å². The minimum atomic E-state index is -0.134. The van der Waals surface area contributed by atoms with Crippen LogP contribution in [0.4, 0.5) is 0 Å². The van der Waals surface area contributed by atoms with E-state index in [4.69, 9.17) is 0 Å². The van der Waals surface area contributed by atoms with Gasteiger partial charge in [-0.15, -0.1) is 0 Å². The van der Waals surface area contributed by atoms with Crippen molar-refractivity contribution in [3.63, 3.8) is 0 Å². The minimum absolute atomic E-state index is 0.134. The van der Waals surface area contributed by atoms with Gasteiger partial charge in [-0.25, -0.2) is 0 Å². The van der Waals surface area contributed by atoms with Gasteiger partial charge in [0.05, 0.1) is 0 Å². The summed E-state index contributed by atoms with van der Waals surface area (Å²) in [7, 11) is 0. The molecule has 0 unspecified atom stereocenters. The molecule has 0 aromatic heterocycles. The van der Waals surface area contributed by atoms with Crippen molar-refractivity contribution in [3.05, 3.63) is 11.6 Å². The molecule has 4 aliphatic carbocycles. The molecule has 0 bridgehead atoms. The zero-order valence-corrected chi connectivity index (χ0v) is 16.7. The lowest BCUT2D eigenvalue weighted by atomic mass is 9.44. The summed E-state index contributed by atoms with van der Waals surface area (Å²) in [6.45, 7) is 11.3. The smallest absolute Gasteiger partial charge is 0.155 e. The second-order valence-electron chi connectivity index (χ2n) is 10.4. The first-order valence-electron chi connectivity index (χ1n) is 10.4. The number of carbonyl (C=O) groups excluding carboxylic acids is 2. The molecule has 0 spiro atoms. The Morgan fingerprint density at radius 1 is 1.08 bits per heavy atom. The molecule has 0 aromatic carbocycles. The molecule has 0 aliphatic heterocycles. The van der Waals surface area contributed by atoms with Gasteiger partial charge >= 0.3 is 0 Å². The Kier molecular flexibility index (Phi) is 3.71. The van der Waals surface area contributed by atoms with Gasteiger partial charge in [-0.2, -0.15) is 0 Å². The number of hydrogen-bond acceptors (Lipinski definition) is 2. The third-order valence-electron chi connectivity index (χ3n) is 9.66. The Morgan fingerprint density at radius 3 is 2.44 bits per heavy atom. The quantitative estimate of drug-likeness (QED) is 0.643. The lowest BCUT2D eigenvalue weighted by molar-refractivity contribution is -0.140. The number of ketones is 2. The molecule has 3 fully saturated rings. The monoisotopic (exact) mass is 342 g/mol. The van der Waals surface area contributed by atoms with Crippen molar-refractivity contribution < 1.29 is 9.59 Å². The number of allylic oxidation sites excluding steroid dienone is 1. The highest BCUT2D eigenvalue weighted by molar-refractivity contribution is 5.91. The van der Waals surface area contributed by atoms with E-state index in [9.17, 15) is 9.59 Å². The van der Waals surface area contributed by atoms with Crippen molar-refractivity contribution in [1.29, 1.82) is 0 Å². The molecular weight excluding hydrogens is 308 g/mol. The summed E-state index contributed by atoms with van der Waals surface area (Å²) in [5.41, 5.74) is 1.70. The van der Waals surface area contributed by atoms with Gasteiger partial charge in [-0.3, -0.25) is 9.59 Å². The van der Waals surface area contributed by atoms with E-state index in [0.29, 0.717) is 29.3 Å². The Labute approximate surface area is 152 Å². The first-order chi connectivity index (χ1) is 11.6. The highest BCUT2D eigenvalue weighted by Crippen LogP contribution is 2.70. The Hall–Kier alpha value is -0.920. The van der Waals surface area contributed by atoms with Gasteiger partial charge in [0.2, 0.25) is 0 Å². The minimum Gasteiger partial charge on any atom is -0.299 e. The summed E-state index contributed by atoms with van der Waals surface area (Å²) < 4.78 is 0. The molecule has 25 heavy (non-hydrogen) atoms. The van der Waals surface area contributed by atoms with E-state index in [0.717, 1.165) is 25.2 Å². The van der Waals surface area contributed by atoms with Crippen molar-refractivity contribution >= 4 is 11.6 Å². The van der Waals surface area contributed by atoms with Gasteiger partial charge < -0.3 is 0 Å². The van der Waals surface area contributed by atoms with Crippen LogP contribution in [-0.2, 0) is 9.59 Å². The fourth-order valence-corrected chi connectivity index (χ4v) is 7.83. The van der Waals surface area contributed by atoms with E-state index in [2.05, 4.69) is 27.7 Å². The fraction of sp³-hybridized carbons (Fsp3) is 0.826. The van der Waals surface area contributed by atoms with E-state index >= 15 is 0 Å². The fourth-order valence-electron chi connectivity index (χ4n) is 7.83. The third-order valence-corrected chi connectivity index (χ3v) is 9.66. The van der Waals surface area contributed by atoms with Crippen LogP contribution in [0.2, 0.25) is 0 Å². The normalized spacial score (nSPS) is 52.0. The van der Waals surface area contributed by atoms with E-state index in [1.165, 1.54) is 31.3 Å². The van der Waals surface area contributed by atoms with E-state index in [-0.39, 0.29) is 16.2 Å². The molecule has 3 saturated carbocycles. The predicted molar refractivity (Wildman–Crippen MR) is 100 cm³/mol. The van der Waals surface area contributed by atoms with Gasteiger partial charge in [0.1, 0.15) is 5.78 Å². The number of fused-ring (bicyclic) bond motifs is 5. The van der Waals surface area contributed by atoms with Crippen LogP contribution < -0.4 is 0 Å². The van der Waals surface area contributed by atoms with Crippen molar-refractivity contribution in [1.82, 2.24) is 0 Å². The summed E-state index contributed by atoms with van der Waals surface area (Å²) in [6, 6.07) is 0. The molecule has 0 aromatic rings. The Morgan fingerprint density at radius 2 is 1.76 bits per heavy atom. The summed E-state index contributed by atoms with van der Waals surface area (Å²) in [6.07, 6.45) is 9.68. The van der Waals surface area contributed by atoms with Crippen LogP contribution in [-0.4, -0.2) is 11.6 Å². The second-order valence-corrected chi connectivity index (χ2v) is 10.4. The van der Waals surface area contributed by atoms with E-state index in [1.807, 2.05) is 13.0 Å². The number of rotatable bonds is 1. The third kappa shape index (κ3) is 2.09. The molecule has 0 amide bonds. The molecule has 0 N–H and O–H groups in total. The van der Waals surface area contributed by atoms with Crippen molar-refractivity contribution in [2.24, 2.45) is 39.9 Å². The van der Waals surface area contributed by atoms with Crippen LogP contribution in [0.15, 0.2) is 11.6 Å². The number of Topliss-reactive ketones (excluding diaryl/α,β-unsaturated/α-hetero) is 1. The number of hydrogen-bond donors (Lipinski definition) is 0. The molecule has 2 heteroatoms. The molecule has 2 nitrogen and oxygen atoms in total. The largest absolute Gasteiger partial charge is 0.299 e. The molecular formula is C23H34O2. The maximum Gasteiger partial charge on any atom is 0.155 e. The Balaban J connectivity index is 1.73. The predicted octanol–water partition coefficient (Wildman–Crippen LogP) is 5.36. The lowest BCUT2D eigenvalue weighted by Crippen LogP contribution is -2.54. The average Bonchev–Trinajstić information content (AvgIpc) is 2.83. The van der Waals surface area contributed by atoms with Gasteiger partial charge in [-0.05, 0) is 86.0 Å². The van der Waals surface area contributed by atoms with Crippen LogP contribution in [0.1, 0.15) is 79.6 Å². The van der Waals surface area contributed by atoms with Crippen LogP contribution in [0.25, 0.3) is 0 Å². The van der Waals surface area contributed by atoms with Crippen molar-refractivity contribution in [3.8, 4) is 0 Å². The molecule has 4 aliphatic rings. The van der Waals surface area contributed by atoms with Crippen LogP contribution in [0.5, 0.6) is 0 Å². The average molecular weight is 343 g/mol. The summed E-state index contributed by atoms with van der Waals surface area (Å²) in [4.78, 5) is 24.6. The second kappa shape index (κ2) is 5.30. The molecule has 4 rings (SSSR count). The summed E-state index contributed by atoms with van der Waals surface area (Å²) in [5.74, 6) is 3.36. The summed E-state index contributed by atoms with van der Waals surface area (Å²) >= 11 is 0. The SMILES string of the molecule is CC(=O)[C@@]1(C)CC[C@H]2[C@@H]3C[C@H](C)C4=CC(=O)CC[C@]4(C)[C@H]3CC[C@@]21C. The van der Waals surface area contributed by atoms with Gasteiger partial charge in [0.15, 0.2) is 5.78 Å². The first kappa shape index (κ1) is 17.5. The molecule has 0 saturated heterocycles. The number of carbonyl (C=O) groups is 2. The van der Waals surface area contributed by atoms with Gasteiger partial charge in [0.25, 0.3) is 0 Å². The maximum atomic E-state index is 12.5. The van der Waals surface area contributed by atoms with E-state index in [1.54, 1.807) is 0 Å². The molecule has 0 heterocycles. The van der Waals surface area contributed by atoms with Gasteiger partial charge in [-0.1, -0.05) is 33.3 Å². The lowest BCUT2D eigenvalue weighted by Gasteiger charge is -2.60. The maximum absolute atomic E-state index is 12.5. The standard InChI is InChI=1S/C23H34O2/c1-14-12-17-18(21(3)9-6-16(25)13-20(14)21)7-11-23(5)19(17)8-10-22(23,4)15(2)24/h13-14,17-19H,6-12H2,1-5H3/t14-,17+,18-,19-,21+,22+,23-/m0/s1. The van der Waals surface area contributed by atoms with E-state index < -0.39 is 0 Å². The zero-order chi connectivity index (χ0) is 18.2. The topological polar surface area (TPSA) is 34.1 Å². The highest BCUT2D eigenvalue weighted by atomic mass is 16.1. The summed E-state index contributed by atoms with van der Waals surface area (Å²) in [5, 5.41) is 0. The van der Waals surface area contributed by atoms with Crippen LogP contribution in [0, 0.1) is 39.9 Å². The van der Waals surface area contributed by atoms with Crippen LogP contribution >= 0.6 is 0 Å². The Bertz CT molecular complexity index is 661. The molecule has 0 radical (unpaired) electrons. The zero-order valence-electron chi connectivity index (χ0n) is 16.7. The molecule has 138 valence electrons. The van der Waals surface area contributed by atoms with Crippen molar-refractivity contribution in [2.45, 2.75) is 79.6 Å². The highest BCUT2D eigenvalue weighted by Gasteiger charge is 2.64. The van der Waals surface area contributed by atoms with Gasteiger partial charge in [0, 0.05) is 11.8 Å². The first-order valence-corrected chi connectivity index (χ1v) is 10.4. The van der Waals surface area contributed by atoms with Crippen LogP contribution in [0.3, 0.4) is 0 Å². The molecule has 7 atom stereocenters.